The Bertz CT molecular complexity index is 599. The van der Waals surface area contributed by atoms with Gasteiger partial charge >= 0.3 is 0 Å². The van der Waals surface area contributed by atoms with Crippen molar-refractivity contribution in [3.05, 3.63) is 36.2 Å². The van der Waals surface area contributed by atoms with Crippen molar-refractivity contribution in [3.63, 3.8) is 0 Å². The minimum Gasteiger partial charge on any atom is -0.491 e. The molecule has 1 atom stereocenters. The van der Waals surface area contributed by atoms with Gasteiger partial charge in [-0.25, -0.2) is 4.98 Å². The highest BCUT2D eigenvalue weighted by atomic mass is 32.1. The highest BCUT2D eigenvalue weighted by Gasteiger charge is 2.21. The van der Waals surface area contributed by atoms with Gasteiger partial charge in [0.05, 0.1) is 0 Å². The van der Waals surface area contributed by atoms with E-state index in [0.717, 1.165) is 42.9 Å². The number of aryl methyl sites for hydroxylation is 1. The summed E-state index contributed by atoms with van der Waals surface area (Å²) < 4.78 is 9.83. The van der Waals surface area contributed by atoms with Gasteiger partial charge in [0.2, 0.25) is 5.13 Å². The summed E-state index contributed by atoms with van der Waals surface area (Å²) in [7, 11) is 0. The van der Waals surface area contributed by atoms with Crippen LogP contribution in [0.5, 0.6) is 5.75 Å². The molecule has 23 heavy (non-hydrogen) atoms. The van der Waals surface area contributed by atoms with Crippen molar-refractivity contribution in [3.8, 4) is 5.75 Å². The molecule has 2 aromatic rings. The van der Waals surface area contributed by atoms with Crippen LogP contribution in [0.2, 0.25) is 0 Å². The summed E-state index contributed by atoms with van der Waals surface area (Å²) in [5, 5.41) is 11.1. The zero-order chi connectivity index (χ0) is 16.1. The van der Waals surface area contributed by atoms with E-state index >= 15 is 0 Å². The number of aliphatic hydroxyl groups is 1. The fraction of sp³-hybridized carbons (Fsp3) is 0.500. The molecule has 0 bridgehead atoms. The van der Waals surface area contributed by atoms with Crippen molar-refractivity contribution in [1.29, 1.82) is 0 Å². The third-order valence-corrected chi connectivity index (χ3v) is 4.68. The summed E-state index contributed by atoms with van der Waals surface area (Å²) in [5.41, 5.74) is 0. The number of nitrogens with zero attached hydrogens (tertiary/aromatic N) is 4. The SMILES string of the molecule is Cc1nsc(N2CCN(CC(O)COc3ccccc3)CC2)n1. The van der Waals surface area contributed by atoms with E-state index in [1.54, 1.807) is 0 Å². The largest absolute Gasteiger partial charge is 0.491 e. The Kier molecular flexibility index (Phi) is 5.43. The lowest BCUT2D eigenvalue weighted by atomic mass is 10.2. The second-order valence-corrected chi connectivity index (χ2v) is 6.42. The number of hydrogen-bond donors (Lipinski definition) is 1. The second kappa shape index (κ2) is 7.72. The predicted octanol–water partition coefficient (Wildman–Crippen LogP) is 1.41. The number of para-hydroxylation sites is 1. The lowest BCUT2D eigenvalue weighted by Gasteiger charge is -2.35. The third kappa shape index (κ3) is 4.63. The van der Waals surface area contributed by atoms with Gasteiger partial charge in [-0.05, 0) is 19.1 Å². The monoisotopic (exact) mass is 334 g/mol. The van der Waals surface area contributed by atoms with Crippen LogP contribution < -0.4 is 9.64 Å². The molecular weight excluding hydrogens is 312 g/mol. The normalized spacial score (nSPS) is 17.2. The van der Waals surface area contributed by atoms with Gasteiger partial charge in [-0.2, -0.15) is 4.37 Å². The number of β-amino-alcohol motifs (C(OH)–C–C–N with tert-alkyl or cyclic N) is 1. The molecule has 124 valence electrons. The van der Waals surface area contributed by atoms with Gasteiger partial charge in [-0.15, -0.1) is 0 Å². The maximum absolute atomic E-state index is 10.1. The highest BCUT2D eigenvalue weighted by molar-refractivity contribution is 7.09. The van der Waals surface area contributed by atoms with Crippen molar-refractivity contribution in [2.45, 2.75) is 13.0 Å². The molecule has 2 heterocycles. The van der Waals surface area contributed by atoms with Gasteiger partial charge in [0.15, 0.2) is 0 Å². The molecule has 1 aliphatic heterocycles. The van der Waals surface area contributed by atoms with Gasteiger partial charge < -0.3 is 14.7 Å². The van der Waals surface area contributed by atoms with Crippen LogP contribution in [0.1, 0.15) is 5.82 Å². The van der Waals surface area contributed by atoms with E-state index in [4.69, 9.17) is 4.74 Å². The molecule has 1 aromatic carbocycles. The lowest BCUT2D eigenvalue weighted by Crippen LogP contribution is -2.49. The highest BCUT2D eigenvalue weighted by Crippen LogP contribution is 2.18. The molecule has 6 nitrogen and oxygen atoms in total. The number of rotatable bonds is 6. The summed E-state index contributed by atoms with van der Waals surface area (Å²) >= 11 is 1.45. The molecule has 1 aromatic heterocycles. The zero-order valence-corrected chi connectivity index (χ0v) is 14.1. The Morgan fingerprint density at radius 1 is 1.22 bits per heavy atom. The van der Waals surface area contributed by atoms with Crippen molar-refractivity contribution < 1.29 is 9.84 Å². The summed E-state index contributed by atoms with van der Waals surface area (Å²) in [6.45, 7) is 6.54. The van der Waals surface area contributed by atoms with E-state index in [-0.39, 0.29) is 0 Å². The van der Waals surface area contributed by atoms with E-state index < -0.39 is 6.10 Å². The number of ether oxygens (including phenoxy) is 1. The molecule has 3 rings (SSSR count). The van der Waals surface area contributed by atoms with E-state index in [2.05, 4.69) is 19.2 Å². The third-order valence-electron chi connectivity index (χ3n) is 3.81. The molecule has 0 radical (unpaired) electrons. The summed E-state index contributed by atoms with van der Waals surface area (Å²) in [6.07, 6.45) is -0.481. The van der Waals surface area contributed by atoms with Crippen LogP contribution in [-0.4, -0.2) is 64.8 Å². The Hall–Kier alpha value is -1.70. The number of benzene rings is 1. The molecule has 1 unspecified atom stereocenters. The van der Waals surface area contributed by atoms with E-state index in [1.807, 2.05) is 37.3 Å². The van der Waals surface area contributed by atoms with E-state index in [9.17, 15) is 5.11 Å². The Labute approximate surface area is 140 Å². The Morgan fingerprint density at radius 2 is 1.96 bits per heavy atom. The Balaban J connectivity index is 1.40. The minimum absolute atomic E-state index is 0.319. The molecule has 1 saturated heterocycles. The van der Waals surface area contributed by atoms with Crippen LogP contribution in [0.3, 0.4) is 0 Å². The number of hydrogen-bond acceptors (Lipinski definition) is 7. The molecule has 1 fully saturated rings. The first kappa shape index (κ1) is 16.2. The maximum Gasteiger partial charge on any atom is 0.205 e. The quantitative estimate of drug-likeness (QED) is 0.862. The van der Waals surface area contributed by atoms with Crippen LogP contribution >= 0.6 is 11.5 Å². The van der Waals surface area contributed by atoms with Gasteiger partial charge in [0.1, 0.15) is 24.3 Å². The first-order chi connectivity index (χ1) is 11.2. The van der Waals surface area contributed by atoms with E-state index in [0.29, 0.717) is 13.2 Å². The molecule has 1 N–H and O–H groups in total. The minimum atomic E-state index is -0.481. The van der Waals surface area contributed by atoms with Gasteiger partial charge in [-0.1, -0.05) is 18.2 Å². The standard InChI is InChI=1S/C16H22N4O2S/c1-13-17-16(23-18-13)20-9-7-19(8-10-20)11-14(21)12-22-15-5-3-2-4-6-15/h2-6,14,21H,7-12H2,1H3. The Morgan fingerprint density at radius 3 is 2.61 bits per heavy atom. The zero-order valence-electron chi connectivity index (χ0n) is 13.3. The molecule has 1 aliphatic rings. The molecule has 0 saturated carbocycles. The summed E-state index contributed by atoms with van der Waals surface area (Å²) in [6, 6.07) is 9.60. The predicted molar refractivity (Wildman–Crippen MR) is 91.2 cm³/mol. The number of piperazine rings is 1. The average molecular weight is 334 g/mol. The number of aliphatic hydroxyl groups excluding tert-OH is 1. The lowest BCUT2D eigenvalue weighted by molar-refractivity contribution is 0.0663. The fourth-order valence-electron chi connectivity index (χ4n) is 2.60. The van der Waals surface area contributed by atoms with Gasteiger partial charge in [0.25, 0.3) is 0 Å². The molecule has 7 heteroatoms. The smallest absolute Gasteiger partial charge is 0.205 e. The first-order valence-corrected chi connectivity index (χ1v) is 8.61. The molecule has 0 aliphatic carbocycles. The van der Waals surface area contributed by atoms with Crippen molar-refractivity contribution in [2.24, 2.45) is 0 Å². The van der Waals surface area contributed by atoms with Gasteiger partial charge in [-0.3, -0.25) is 4.90 Å². The van der Waals surface area contributed by atoms with Crippen LogP contribution in [-0.2, 0) is 0 Å². The van der Waals surface area contributed by atoms with Crippen molar-refractivity contribution in [2.75, 3.05) is 44.2 Å². The van der Waals surface area contributed by atoms with E-state index in [1.165, 1.54) is 11.5 Å². The fourth-order valence-corrected chi connectivity index (χ4v) is 3.32. The van der Waals surface area contributed by atoms with Crippen LogP contribution in [0.25, 0.3) is 0 Å². The first-order valence-electron chi connectivity index (χ1n) is 7.84. The van der Waals surface area contributed by atoms with Crippen LogP contribution in [0, 0.1) is 6.92 Å². The average Bonchev–Trinajstić information content (AvgIpc) is 3.01. The number of anilines is 1. The van der Waals surface area contributed by atoms with Gasteiger partial charge in [0, 0.05) is 44.3 Å². The number of aromatic nitrogens is 2. The van der Waals surface area contributed by atoms with Crippen LogP contribution in [0.15, 0.2) is 30.3 Å². The summed E-state index contributed by atoms with van der Waals surface area (Å²) in [5.74, 6) is 1.63. The topological polar surface area (TPSA) is 61.7 Å². The molecular formula is C16H22N4O2S. The molecule has 0 spiro atoms. The summed E-state index contributed by atoms with van der Waals surface area (Å²) in [4.78, 5) is 8.95. The van der Waals surface area contributed by atoms with Crippen molar-refractivity contribution in [1.82, 2.24) is 14.3 Å². The van der Waals surface area contributed by atoms with Crippen molar-refractivity contribution >= 4 is 16.7 Å². The maximum atomic E-state index is 10.1. The second-order valence-electron chi connectivity index (χ2n) is 5.69. The van der Waals surface area contributed by atoms with Crippen LogP contribution in [0.4, 0.5) is 5.13 Å². The molecule has 0 amide bonds.